The lowest BCUT2D eigenvalue weighted by atomic mass is 9.87. The standard InChI is InChI=1S/C23H27FN2O5/c1-13-19-15(14-7-6-8-16(24)18(14)25-13)9-10-23(30-19)11-17(20(27)29-5)26(12-23)21(28)31-22(2,3)4/h6-8,17H,9-12H2,1-5H3/t17-,23+/m0/s1. The molecule has 1 amide bonds. The van der Waals surface area contributed by atoms with Gasteiger partial charge in [0.2, 0.25) is 0 Å². The third kappa shape index (κ3) is 3.79. The van der Waals surface area contributed by atoms with E-state index in [-0.39, 0.29) is 12.4 Å². The molecule has 0 unspecified atom stereocenters. The smallest absolute Gasteiger partial charge is 0.411 e. The molecular formula is C23H27FN2O5. The van der Waals surface area contributed by atoms with Crippen molar-refractivity contribution in [3.63, 3.8) is 0 Å². The number of aromatic nitrogens is 1. The lowest BCUT2D eigenvalue weighted by Gasteiger charge is -2.36. The van der Waals surface area contributed by atoms with Crippen LogP contribution in [0, 0.1) is 12.7 Å². The van der Waals surface area contributed by atoms with Crippen LogP contribution in [0.2, 0.25) is 0 Å². The fraction of sp³-hybridized carbons (Fsp3) is 0.522. The summed E-state index contributed by atoms with van der Waals surface area (Å²) in [5.74, 6) is -0.280. The number of fused-ring (bicyclic) bond motifs is 3. The number of benzene rings is 1. The Balaban J connectivity index is 1.70. The molecule has 0 radical (unpaired) electrons. The molecule has 2 aromatic rings. The maximum Gasteiger partial charge on any atom is 0.411 e. The first-order valence-corrected chi connectivity index (χ1v) is 10.4. The Morgan fingerprint density at radius 2 is 2.06 bits per heavy atom. The number of likely N-dealkylation sites (tertiary alicyclic amines) is 1. The van der Waals surface area contributed by atoms with Crippen LogP contribution < -0.4 is 4.74 Å². The van der Waals surface area contributed by atoms with Gasteiger partial charge in [-0.3, -0.25) is 4.90 Å². The summed E-state index contributed by atoms with van der Waals surface area (Å²) in [4.78, 5) is 31.1. The molecule has 2 atom stereocenters. The van der Waals surface area contributed by atoms with Gasteiger partial charge < -0.3 is 14.2 Å². The predicted octanol–water partition coefficient (Wildman–Crippen LogP) is 3.93. The van der Waals surface area contributed by atoms with Crippen LogP contribution in [0.15, 0.2) is 18.2 Å². The molecule has 3 heterocycles. The lowest BCUT2D eigenvalue weighted by molar-refractivity contribution is -0.145. The number of carbonyl (C=O) groups excluding carboxylic acids is 2. The van der Waals surface area contributed by atoms with E-state index >= 15 is 0 Å². The number of methoxy groups -OCH3 is 1. The molecule has 1 fully saturated rings. The van der Waals surface area contributed by atoms with Crippen molar-refractivity contribution in [3.05, 3.63) is 35.3 Å². The van der Waals surface area contributed by atoms with Gasteiger partial charge >= 0.3 is 12.1 Å². The molecule has 0 N–H and O–H groups in total. The number of hydrogen-bond donors (Lipinski definition) is 0. The van der Waals surface area contributed by atoms with Crippen LogP contribution in [0.4, 0.5) is 9.18 Å². The van der Waals surface area contributed by atoms with Crippen molar-refractivity contribution in [2.45, 2.75) is 64.2 Å². The predicted molar refractivity (Wildman–Crippen MR) is 111 cm³/mol. The zero-order valence-corrected chi connectivity index (χ0v) is 18.5. The average Bonchev–Trinajstić information content (AvgIpc) is 3.06. The highest BCUT2D eigenvalue weighted by Crippen LogP contribution is 2.44. The molecule has 1 saturated heterocycles. The van der Waals surface area contributed by atoms with Crippen LogP contribution in [0.25, 0.3) is 10.9 Å². The summed E-state index contributed by atoms with van der Waals surface area (Å²) in [6.07, 6.45) is 0.903. The maximum atomic E-state index is 14.3. The molecule has 31 heavy (non-hydrogen) atoms. The largest absolute Gasteiger partial charge is 0.483 e. The second-order valence-electron chi connectivity index (χ2n) is 9.28. The molecule has 0 aliphatic carbocycles. The van der Waals surface area contributed by atoms with E-state index in [1.165, 1.54) is 18.1 Å². The number of aryl methyl sites for hydroxylation is 2. The molecule has 8 heteroatoms. The van der Waals surface area contributed by atoms with Crippen molar-refractivity contribution in [2.24, 2.45) is 0 Å². The van der Waals surface area contributed by atoms with Crippen molar-refractivity contribution in [3.8, 4) is 5.75 Å². The number of halogens is 1. The van der Waals surface area contributed by atoms with Gasteiger partial charge in [-0.15, -0.1) is 0 Å². The molecule has 0 saturated carbocycles. The van der Waals surface area contributed by atoms with Gasteiger partial charge in [-0.2, -0.15) is 0 Å². The Bertz CT molecular complexity index is 1060. The highest BCUT2D eigenvalue weighted by Gasteiger charge is 2.53. The quantitative estimate of drug-likeness (QED) is 0.638. The Hall–Kier alpha value is -2.90. The molecule has 0 bridgehead atoms. The fourth-order valence-corrected chi connectivity index (χ4v) is 4.50. The second-order valence-corrected chi connectivity index (χ2v) is 9.28. The minimum atomic E-state index is -0.799. The third-order valence-corrected chi connectivity index (χ3v) is 5.84. The Morgan fingerprint density at radius 1 is 1.32 bits per heavy atom. The summed E-state index contributed by atoms with van der Waals surface area (Å²) in [6.45, 7) is 7.30. The summed E-state index contributed by atoms with van der Waals surface area (Å²) < 4.78 is 31.2. The highest BCUT2D eigenvalue weighted by molar-refractivity contribution is 5.86. The Morgan fingerprint density at radius 3 is 2.74 bits per heavy atom. The molecule has 4 rings (SSSR count). The number of ether oxygens (including phenoxy) is 3. The molecule has 1 spiro atoms. The number of para-hydroxylation sites is 1. The van der Waals surface area contributed by atoms with Crippen LogP contribution in [-0.4, -0.2) is 52.8 Å². The minimum Gasteiger partial charge on any atom is -0.483 e. The first-order chi connectivity index (χ1) is 14.5. The van der Waals surface area contributed by atoms with Crippen molar-refractivity contribution in [1.82, 2.24) is 9.88 Å². The number of amides is 1. The number of esters is 1. The van der Waals surface area contributed by atoms with Crippen molar-refractivity contribution in [2.75, 3.05) is 13.7 Å². The topological polar surface area (TPSA) is 78.0 Å². The van der Waals surface area contributed by atoms with E-state index < -0.39 is 29.3 Å². The summed E-state index contributed by atoms with van der Waals surface area (Å²) >= 11 is 0. The monoisotopic (exact) mass is 430 g/mol. The highest BCUT2D eigenvalue weighted by atomic mass is 19.1. The van der Waals surface area contributed by atoms with E-state index in [4.69, 9.17) is 14.2 Å². The van der Waals surface area contributed by atoms with Crippen molar-refractivity contribution in [1.29, 1.82) is 0 Å². The van der Waals surface area contributed by atoms with Crippen LogP contribution in [0.5, 0.6) is 5.75 Å². The zero-order valence-electron chi connectivity index (χ0n) is 18.5. The summed E-state index contributed by atoms with van der Waals surface area (Å²) in [5.41, 5.74) is 0.343. The van der Waals surface area contributed by atoms with E-state index in [1.54, 1.807) is 33.8 Å². The number of rotatable bonds is 1. The normalized spacial score (nSPS) is 22.9. The van der Waals surface area contributed by atoms with E-state index in [1.807, 2.05) is 6.07 Å². The van der Waals surface area contributed by atoms with Gasteiger partial charge in [0.15, 0.2) is 0 Å². The second kappa shape index (κ2) is 7.35. The SMILES string of the molecule is COC(=O)[C@@H]1C[C@]2(CCc3c(c(C)nc4c(F)cccc34)O2)CN1C(=O)OC(C)(C)C. The number of nitrogens with zero attached hydrogens (tertiary/aromatic N) is 2. The first kappa shape index (κ1) is 21.3. The van der Waals surface area contributed by atoms with E-state index in [2.05, 4.69) is 4.98 Å². The van der Waals surface area contributed by atoms with Crippen LogP contribution >= 0.6 is 0 Å². The van der Waals surface area contributed by atoms with E-state index in [0.29, 0.717) is 36.2 Å². The average molecular weight is 430 g/mol. The fourth-order valence-electron chi connectivity index (χ4n) is 4.50. The van der Waals surface area contributed by atoms with Gasteiger partial charge in [0, 0.05) is 17.4 Å². The maximum absolute atomic E-state index is 14.3. The molecule has 2 aliphatic rings. The molecule has 166 valence electrons. The number of carbonyl (C=O) groups is 2. The van der Waals surface area contributed by atoms with E-state index in [0.717, 1.165) is 10.9 Å². The van der Waals surface area contributed by atoms with Crippen LogP contribution in [0.1, 0.15) is 44.9 Å². The first-order valence-electron chi connectivity index (χ1n) is 10.4. The minimum absolute atomic E-state index is 0.196. The van der Waals surface area contributed by atoms with Gasteiger partial charge in [0.25, 0.3) is 0 Å². The molecular weight excluding hydrogens is 403 g/mol. The van der Waals surface area contributed by atoms with Gasteiger partial charge in [0.1, 0.15) is 34.3 Å². The Kier molecular flexibility index (Phi) is 5.06. The molecule has 1 aromatic carbocycles. The molecule has 1 aromatic heterocycles. The Labute approximate surface area is 180 Å². The lowest BCUT2D eigenvalue weighted by Crippen LogP contribution is -2.46. The summed E-state index contributed by atoms with van der Waals surface area (Å²) in [6, 6.07) is 4.09. The van der Waals surface area contributed by atoms with Gasteiger partial charge in [0.05, 0.1) is 19.3 Å². The number of pyridine rings is 1. The third-order valence-electron chi connectivity index (χ3n) is 5.84. The molecule has 7 nitrogen and oxygen atoms in total. The van der Waals surface area contributed by atoms with Crippen LogP contribution in [-0.2, 0) is 20.7 Å². The number of hydrogen-bond acceptors (Lipinski definition) is 6. The molecule has 2 aliphatic heterocycles. The van der Waals surface area contributed by atoms with Crippen LogP contribution in [0.3, 0.4) is 0 Å². The summed E-state index contributed by atoms with van der Waals surface area (Å²) in [5, 5.41) is 0.724. The zero-order chi connectivity index (χ0) is 22.6. The van der Waals surface area contributed by atoms with Crippen molar-refractivity contribution >= 4 is 23.0 Å². The van der Waals surface area contributed by atoms with Gasteiger partial charge in [-0.25, -0.2) is 19.0 Å². The van der Waals surface area contributed by atoms with Crippen molar-refractivity contribution < 1.29 is 28.2 Å². The summed E-state index contributed by atoms with van der Waals surface area (Å²) in [7, 11) is 1.30. The van der Waals surface area contributed by atoms with E-state index in [9.17, 15) is 14.0 Å². The van der Waals surface area contributed by atoms with Gasteiger partial charge in [-0.1, -0.05) is 12.1 Å². The van der Waals surface area contributed by atoms with Gasteiger partial charge in [-0.05, 0) is 46.6 Å².